The van der Waals surface area contributed by atoms with Crippen LogP contribution >= 0.6 is 11.6 Å². The molecule has 2 aromatic carbocycles. The van der Waals surface area contributed by atoms with Crippen LogP contribution in [0.4, 0.5) is 11.4 Å². The Balaban J connectivity index is 1.85. The number of halogens is 1. The first kappa shape index (κ1) is 19.8. The van der Waals surface area contributed by atoms with Crippen LogP contribution in [-0.2, 0) is 9.59 Å². The van der Waals surface area contributed by atoms with Gasteiger partial charge in [-0.2, -0.15) is 0 Å². The molecule has 0 spiro atoms. The van der Waals surface area contributed by atoms with Gasteiger partial charge in [0.15, 0.2) is 0 Å². The zero-order valence-electron chi connectivity index (χ0n) is 15.5. The van der Waals surface area contributed by atoms with Gasteiger partial charge in [0.1, 0.15) is 0 Å². The standard InChI is InChI=1S/C20H24ClN3O2/c1-12-8-14(3)19(15(4)9-12)24-18(26)11-22-17(25)10-23-20-13(2)6-5-7-16(20)21/h5-9,23H,10-11H2,1-4H3,(H,22,25)(H,24,26). The van der Waals surface area contributed by atoms with Crippen molar-refractivity contribution in [2.24, 2.45) is 0 Å². The van der Waals surface area contributed by atoms with E-state index in [2.05, 4.69) is 16.0 Å². The largest absolute Gasteiger partial charge is 0.375 e. The van der Waals surface area contributed by atoms with E-state index >= 15 is 0 Å². The first-order valence-electron chi connectivity index (χ1n) is 8.41. The number of nitrogens with one attached hydrogen (secondary N) is 3. The van der Waals surface area contributed by atoms with Crippen LogP contribution < -0.4 is 16.0 Å². The zero-order valence-corrected chi connectivity index (χ0v) is 16.3. The van der Waals surface area contributed by atoms with Gasteiger partial charge in [0.05, 0.1) is 23.8 Å². The van der Waals surface area contributed by atoms with E-state index < -0.39 is 0 Å². The number of anilines is 2. The van der Waals surface area contributed by atoms with Gasteiger partial charge in [0.2, 0.25) is 11.8 Å². The smallest absolute Gasteiger partial charge is 0.243 e. The zero-order chi connectivity index (χ0) is 19.3. The molecule has 6 heteroatoms. The lowest BCUT2D eigenvalue weighted by Crippen LogP contribution is -2.36. The van der Waals surface area contributed by atoms with Crippen LogP contribution in [0.1, 0.15) is 22.3 Å². The minimum absolute atomic E-state index is 0.0421. The summed E-state index contributed by atoms with van der Waals surface area (Å²) in [7, 11) is 0. The molecule has 26 heavy (non-hydrogen) atoms. The molecule has 0 saturated heterocycles. The van der Waals surface area contributed by atoms with E-state index in [1.54, 1.807) is 6.07 Å². The molecular formula is C20H24ClN3O2. The van der Waals surface area contributed by atoms with Gasteiger partial charge in [-0.25, -0.2) is 0 Å². The van der Waals surface area contributed by atoms with Crippen molar-refractivity contribution < 1.29 is 9.59 Å². The van der Waals surface area contributed by atoms with E-state index in [4.69, 9.17) is 11.6 Å². The lowest BCUT2D eigenvalue weighted by Gasteiger charge is -2.14. The summed E-state index contributed by atoms with van der Waals surface area (Å²) >= 11 is 6.11. The highest BCUT2D eigenvalue weighted by atomic mass is 35.5. The molecule has 2 rings (SSSR count). The van der Waals surface area contributed by atoms with Crippen molar-refractivity contribution in [2.45, 2.75) is 27.7 Å². The van der Waals surface area contributed by atoms with Crippen LogP contribution in [0, 0.1) is 27.7 Å². The average Bonchev–Trinajstić information content (AvgIpc) is 2.55. The molecule has 0 bridgehead atoms. The normalized spacial score (nSPS) is 10.3. The number of benzene rings is 2. The number of aryl methyl sites for hydroxylation is 4. The SMILES string of the molecule is Cc1cc(C)c(NC(=O)CNC(=O)CNc2c(C)cccc2Cl)c(C)c1. The third-order valence-corrected chi connectivity index (χ3v) is 4.35. The van der Waals surface area contributed by atoms with E-state index in [0.717, 1.165) is 33.6 Å². The maximum Gasteiger partial charge on any atom is 0.243 e. The van der Waals surface area contributed by atoms with E-state index in [9.17, 15) is 9.59 Å². The minimum atomic E-state index is -0.281. The van der Waals surface area contributed by atoms with Crippen LogP contribution in [0.15, 0.2) is 30.3 Å². The van der Waals surface area contributed by atoms with E-state index in [0.29, 0.717) is 5.02 Å². The molecule has 0 aliphatic heterocycles. The van der Waals surface area contributed by atoms with Crippen molar-refractivity contribution in [1.82, 2.24) is 5.32 Å². The van der Waals surface area contributed by atoms with Crippen molar-refractivity contribution >= 4 is 34.8 Å². The summed E-state index contributed by atoms with van der Waals surface area (Å²) in [6.07, 6.45) is 0. The molecule has 0 radical (unpaired) electrons. The van der Waals surface area contributed by atoms with Crippen molar-refractivity contribution in [2.75, 3.05) is 23.7 Å². The summed E-state index contributed by atoms with van der Waals surface area (Å²) in [5.41, 5.74) is 5.61. The van der Waals surface area contributed by atoms with Gasteiger partial charge in [0, 0.05) is 5.69 Å². The van der Waals surface area contributed by atoms with Crippen LogP contribution in [-0.4, -0.2) is 24.9 Å². The van der Waals surface area contributed by atoms with Gasteiger partial charge >= 0.3 is 0 Å². The van der Waals surface area contributed by atoms with Crippen molar-refractivity contribution in [3.05, 3.63) is 57.6 Å². The fourth-order valence-corrected chi connectivity index (χ4v) is 3.12. The van der Waals surface area contributed by atoms with Crippen molar-refractivity contribution in [1.29, 1.82) is 0 Å². The van der Waals surface area contributed by atoms with Crippen LogP contribution in [0.25, 0.3) is 0 Å². The number of amides is 2. The summed E-state index contributed by atoms with van der Waals surface area (Å²) in [5, 5.41) is 9.02. The van der Waals surface area contributed by atoms with Gasteiger partial charge in [-0.15, -0.1) is 0 Å². The number of hydrogen-bond donors (Lipinski definition) is 3. The highest BCUT2D eigenvalue weighted by Crippen LogP contribution is 2.24. The quantitative estimate of drug-likeness (QED) is 0.722. The van der Waals surface area contributed by atoms with E-state index in [1.165, 1.54) is 0 Å². The molecule has 138 valence electrons. The Bertz CT molecular complexity index is 791. The highest BCUT2D eigenvalue weighted by molar-refractivity contribution is 6.33. The van der Waals surface area contributed by atoms with Crippen LogP contribution in [0.3, 0.4) is 0 Å². The summed E-state index contributed by atoms with van der Waals surface area (Å²) in [5.74, 6) is -0.542. The third kappa shape index (κ3) is 5.23. The van der Waals surface area contributed by atoms with Gasteiger partial charge in [0.25, 0.3) is 0 Å². The summed E-state index contributed by atoms with van der Waals surface area (Å²) in [6.45, 7) is 7.77. The minimum Gasteiger partial charge on any atom is -0.375 e. The summed E-state index contributed by atoms with van der Waals surface area (Å²) in [6, 6.07) is 9.54. The maximum absolute atomic E-state index is 12.1. The molecule has 2 aromatic rings. The fraction of sp³-hybridized carbons (Fsp3) is 0.300. The van der Waals surface area contributed by atoms with Gasteiger partial charge in [-0.1, -0.05) is 41.4 Å². The molecule has 0 unspecified atom stereocenters. The predicted octanol–water partition coefficient (Wildman–Crippen LogP) is 3.74. The summed E-state index contributed by atoms with van der Waals surface area (Å²) < 4.78 is 0. The van der Waals surface area contributed by atoms with Gasteiger partial charge < -0.3 is 16.0 Å². The highest BCUT2D eigenvalue weighted by Gasteiger charge is 2.11. The second kappa shape index (κ2) is 8.72. The Kier molecular flexibility index (Phi) is 6.64. The molecule has 3 N–H and O–H groups in total. The number of hydrogen-bond acceptors (Lipinski definition) is 3. The summed E-state index contributed by atoms with van der Waals surface area (Å²) in [4.78, 5) is 24.1. The molecule has 0 heterocycles. The first-order chi connectivity index (χ1) is 12.3. The molecular weight excluding hydrogens is 350 g/mol. The van der Waals surface area contributed by atoms with Gasteiger partial charge in [-0.05, 0) is 50.5 Å². The molecule has 0 aliphatic rings. The second-order valence-corrected chi connectivity index (χ2v) is 6.79. The fourth-order valence-electron chi connectivity index (χ4n) is 2.83. The van der Waals surface area contributed by atoms with Crippen LogP contribution in [0.5, 0.6) is 0 Å². The Morgan fingerprint density at radius 2 is 1.54 bits per heavy atom. The van der Waals surface area contributed by atoms with Crippen molar-refractivity contribution in [3.63, 3.8) is 0 Å². The van der Waals surface area contributed by atoms with E-state index in [-0.39, 0.29) is 24.9 Å². The molecule has 2 amide bonds. The first-order valence-corrected chi connectivity index (χ1v) is 8.79. The number of carbonyl (C=O) groups is 2. The number of rotatable bonds is 6. The van der Waals surface area contributed by atoms with Crippen LogP contribution in [0.2, 0.25) is 5.02 Å². The Morgan fingerprint density at radius 3 is 2.15 bits per heavy atom. The molecule has 0 fully saturated rings. The second-order valence-electron chi connectivity index (χ2n) is 6.38. The predicted molar refractivity (Wildman–Crippen MR) is 107 cm³/mol. The topological polar surface area (TPSA) is 70.2 Å². The van der Waals surface area contributed by atoms with Gasteiger partial charge in [-0.3, -0.25) is 9.59 Å². The van der Waals surface area contributed by atoms with Crippen molar-refractivity contribution in [3.8, 4) is 0 Å². The Labute approximate surface area is 159 Å². The molecule has 0 aromatic heterocycles. The molecule has 0 aliphatic carbocycles. The van der Waals surface area contributed by atoms with E-state index in [1.807, 2.05) is 52.0 Å². The Hall–Kier alpha value is -2.53. The molecule has 0 saturated carbocycles. The molecule has 5 nitrogen and oxygen atoms in total. The third-order valence-electron chi connectivity index (χ3n) is 4.04. The number of carbonyl (C=O) groups excluding carboxylic acids is 2. The molecule has 0 atom stereocenters. The Morgan fingerprint density at radius 1 is 0.885 bits per heavy atom. The monoisotopic (exact) mass is 373 g/mol. The number of para-hydroxylation sites is 1. The maximum atomic E-state index is 12.1. The average molecular weight is 374 g/mol. The lowest BCUT2D eigenvalue weighted by atomic mass is 10.1. The lowest BCUT2D eigenvalue weighted by molar-refractivity contribution is -0.122.